The molecule has 4 nitrogen and oxygen atoms in total. The predicted molar refractivity (Wildman–Crippen MR) is 63.8 cm³/mol. The molecule has 1 saturated heterocycles. The number of rotatable bonds is 2. The number of carbonyl (C=O) groups excluding carboxylic acids is 1. The molecule has 0 aromatic carbocycles. The summed E-state index contributed by atoms with van der Waals surface area (Å²) in [5.74, 6) is 0.0740. The minimum Gasteiger partial charge on any atom is -0.306 e. The van der Waals surface area contributed by atoms with E-state index in [1.165, 1.54) is 17.0 Å². The standard InChI is InChI=1S/C11H15N3OS/c15-10(8-4-2-6-12-8)14-11-13-7-3-1-5-9(7)16-11/h8,12H,1-6H2,(H,13,14,15)/t8-/m1/s1. The van der Waals surface area contributed by atoms with Gasteiger partial charge in [0.2, 0.25) is 5.91 Å². The SMILES string of the molecule is O=C(Nc1nc2c(s1)CCC2)[C@H]1CCCN1. The molecular formula is C11H15N3OS. The summed E-state index contributed by atoms with van der Waals surface area (Å²) in [4.78, 5) is 17.7. The Bertz CT molecular complexity index is 388. The molecule has 2 heterocycles. The van der Waals surface area contributed by atoms with E-state index in [4.69, 9.17) is 0 Å². The van der Waals surface area contributed by atoms with Crippen molar-refractivity contribution in [1.29, 1.82) is 0 Å². The number of hydrogen-bond acceptors (Lipinski definition) is 4. The molecule has 0 saturated carbocycles. The van der Waals surface area contributed by atoms with Crippen LogP contribution in [0.25, 0.3) is 0 Å². The molecule has 1 aromatic heterocycles. The Kier molecular flexibility index (Phi) is 2.65. The van der Waals surface area contributed by atoms with E-state index in [1.54, 1.807) is 11.3 Å². The van der Waals surface area contributed by atoms with Gasteiger partial charge in [-0.15, -0.1) is 11.3 Å². The van der Waals surface area contributed by atoms with Crippen LogP contribution in [0.15, 0.2) is 0 Å². The zero-order chi connectivity index (χ0) is 11.0. The van der Waals surface area contributed by atoms with Gasteiger partial charge in [0.25, 0.3) is 0 Å². The molecule has 2 N–H and O–H groups in total. The molecule has 1 aliphatic heterocycles. The fourth-order valence-corrected chi connectivity index (χ4v) is 3.40. The van der Waals surface area contributed by atoms with Gasteiger partial charge in [-0.2, -0.15) is 0 Å². The summed E-state index contributed by atoms with van der Waals surface area (Å²) in [6.45, 7) is 0.951. The number of nitrogens with one attached hydrogen (secondary N) is 2. The van der Waals surface area contributed by atoms with E-state index in [0.29, 0.717) is 0 Å². The van der Waals surface area contributed by atoms with Crippen LogP contribution < -0.4 is 10.6 Å². The van der Waals surface area contributed by atoms with Gasteiger partial charge >= 0.3 is 0 Å². The minimum absolute atomic E-state index is 0.0151. The second-order valence-electron chi connectivity index (χ2n) is 4.38. The average molecular weight is 237 g/mol. The number of thiazole rings is 1. The Morgan fingerprint density at radius 2 is 2.38 bits per heavy atom. The number of nitrogens with zero attached hydrogens (tertiary/aromatic N) is 1. The first-order valence-corrected chi connectivity index (χ1v) is 6.67. The first-order chi connectivity index (χ1) is 7.83. The zero-order valence-corrected chi connectivity index (χ0v) is 9.90. The van der Waals surface area contributed by atoms with E-state index in [9.17, 15) is 4.79 Å². The molecule has 1 aliphatic carbocycles. The summed E-state index contributed by atoms with van der Waals surface area (Å²) in [5.41, 5.74) is 1.19. The molecule has 86 valence electrons. The van der Waals surface area contributed by atoms with E-state index in [-0.39, 0.29) is 11.9 Å². The molecule has 0 unspecified atom stereocenters. The highest BCUT2D eigenvalue weighted by molar-refractivity contribution is 7.15. The number of anilines is 1. The largest absolute Gasteiger partial charge is 0.306 e. The first kappa shape index (κ1) is 10.2. The van der Waals surface area contributed by atoms with Crippen LogP contribution in [-0.2, 0) is 17.6 Å². The third kappa shape index (κ3) is 1.85. The third-order valence-electron chi connectivity index (χ3n) is 3.20. The molecule has 0 bridgehead atoms. The summed E-state index contributed by atoms with van der Waals surface area (Å²) in [7, 11) is 0. The van der Waals surface area contributed by atoms with Crippen LogP contribution in [0.4, 0.5) is 5.13 Å². The number of aryl methyl sites for hydroxylation is 2. The second-order valence-corrected chi connectivity index (χ2v) is 5.46. The lowest BCUT2D eigenvalue weighted by atomic mass is 10.2. The Morgan fingerprint density at radius 3 is 3.12 bits per heavy atom. The van der Waals surface area contributed by atoms with Crippen LogP contribution in [0.2, 0.25) is 0 Å². The molecule has 5 heteroatoms. The monoisotopic (exact) mass is 237 g/mol. The van der Waals surface area contributed by atoms with Crippen LogP contribution in [0.5, 0.6) is 0 Å². The van der Waals surface area contributed by atoms with Gasteiger partial charge in [-0.25, -0.2) is 4.98 Å². The van der Waals surface area contributed by atoms with Gasteiger partial charge < -0.3 is 10.6 Å². The maximum atomic E-state index is 11.8. The van der Waals surface area contributed by atoms with Crippen LogP contribution in [0.3, 0.4) is 0 Å². The zero-order valence-electron chi connectivity index (χ0n) is 9.08. The van der Waals surface area contributed by atoms with Crippen molar-refractivity contribution in [3.05, 3.63) is 10.6 Å². The first-order valence-electron chi connectivity index (χ1n) is 5.86. The Labute approximate surface area is 98.5 Å². The maximum Gasteiger partial charge on any atom is 0.243 e. The summed E-state index contributed by atoms with van der Waals surface area (Å²) >= 11 is 1.64. The van der Waals surface area contributed by atoms with Gasteiger partial charge in [0.1, 0.15) is 0 Å². The molecule has 1 fully saturated rings. The fraction of sp³-hybridized carbons (Fsp3) is 0.636. The molecule has 1 atom stereocenters. The third-order valence-corrected chi connectivity index (χ3v) is 4.28. The van der Waals surface area contributed by atoms with Gasteiger partial charge in [0.15, 0.2) is 5.13 Å². The van der Waals surface area contributed by atoms with E-state index in [0.717, 1.165) is 37.4 Å². The number of amides is 1. The van der Waals surface area contributed by atoms with Gasteiger partial charge in [-0.05, 0) is 38.6 Å². The van der Waals surface area contributed by atoms with Crippen LogP contribution in [-0.4, -0.2) is 23.5 Å². The lowest BCUT2D eigenvalue weighted by Gasteiger charge is -2.08. The van der Waals surface area contributed by atoms with Gasteiger partial charge in [0, 0.05) is 4.88 Å². The quantitative estimate of drug-likeness (QED) is 0.815. The van der Waals surface area contributed by atoms with Crippen molar-refractivity contribution in [3.8, 4) is 0 Å². The minimum atomic E-state index is -0.0151. The molecule has 16 heavy (non-hydrogen) atoms. The van der Waals surface area contributed by atoms with Crippen molar-refractivity contribution in [1.82, 2.24) is 10.3 Å². The average Bonchev–Trinajstić information content (AvgIpc) is 2.91. The lowest BCUT2D eigenvalue weighted by Crippen LogP contribution is -2.35. The topological polar surface area (TPSA) is 54.0 Å². The maximum absolute atomic E-state index is 11.8. The van der Waals surface area contributed by atoms with Gasteiger partial charge in [-0.1, -0.05) is 0 Å². The highest BCUT2D eigenvalue weighted by atomic mass is 32.1. The van der Waals surface area contributed by atoms with Crippen molar-refractivity contribution < 1.29 is 4.79 Å². The fourth-order valence-electron chi connectivity index (χ4n) is 2.34. The molecule has 0 spiro atoms. The number of fused-ring (bicyclic) bond motifs is 1. The van der Waals surface area contributed by atoms with Crippen LogP contribution >= 0.6 is 11.3 Å². The van der Waals surface area contributed by atoms with Crippen molar-refractivity contribution in [2.45, 2.75) is 38.1 Å². The Hall–Kier alpha value is -0.940. The van der Waals surface area contributed by atoms with Gasteiger partial charge in [-0.3, -0.25) is 4.79 Å². The highest BCUT2D eigenvalue weighted by Crippen LogP contribution is 2.30. The van der Waals surface area contributed by atoms with Crippen LogP contribution in [0.1, 0.15) is 29.8 Å². The van der Waals surface area contributed by atoms with Crippen molar-refractivity contribution >= 4 is 22.4 Å². The molecule has 3 rings (SSSR count). The smallest absolute Gasteiger partial charge is 0.243 e. The highest BCUT2D eigenvalue weighted by Gasteiger charge is 2.24. The number of carbonyl (C=O) groups is 1. The lowest BCUT2D eigenvalue weighted by molar-refractivity contribution is -0.117. The predicted octanol–water partition coefficient (Wildman–Crippen LogP) is 1.32. The number of aromatic nitrogens is 1. The molecule has 1 aromatic rings. The number of hydrogen-bond donors (Lipinski definition) is 2. The van der Waals surface area contributed by atoms with Crippen molar-refractivity contribution in [2.24, 2.45) is 0 Å². The van der Waals surface area contributed by atoms with E-state index in [1.807, 2.05) is 0 Å². The van der Waals surface area contributed by atoms with Crippen molar-refractivity contribution in [3.63, 3.8) is 0 Å². The molecule has 1 amide bonds. The van der Waals surface area contributed by atoms with Crippen LogP contribution in [0, 0.1) is 0 Å². The molecule has 0 radical (unpaired) electrons. The Morgan fingerprint density at radius 1 is 1.44 bits per heavy atom. The Balaban J connectivity index is 1.67. The summed E-state index contributed by atoms with van der Waals surface area (Å²) < 4.78 is 0. The normalized spacial score (nSPS) is 23.4. The van der Waals surface area contributed by atoms with E-state index < -0.39 is 0 Å². The summed E-state index contributed by atoms with van der Waals surface area (Å²) in [6, 6.07) is -0.0151. The van der Waals surface area contributed by atoms with E-state index >= 15 is 0 Å². The summed E-state index contributed by atoms with van der Waals surface area (Å²) in [6.07, 6.45) is 5.45. The van der Waals surface area contributed by atoms with Gasteiger partial charge in [0.05, 0.1) is 11.7 Å². The second kappa shape index (κ2) is 4.14. The molecular weight excluding hydrogens is 222 g/mol. The van der Waals surface area contributed by atoms with E-state index in [2.05, 4.69) is 15.6 Å². The molecule has 2 aliphatic rings. The van der Waals surface area contributed by atoms with Crippen molar-refractivity contribution in [2.75, 3.05) is 11.9 Å². The summed E-state index contributed by atoms with van der Waals surface area (Å²) in [5, 5.41) is 6.89.